The Balaban J connectivity index is 1.76. The number of hydrogen-bond donors (Lipinski definition) is 2. The van der Waals surface area contributed by atoms with Crippen molar-refractivity contribution in [3.63, 3.8) is 0 Å². The number of oxazole rings is 1. The zero-order valence-electron chi connectivity index (χ0n) is 11.3. The van der Waals surface area contributed by atoms with E-state index in [1.54, 1.807) is 18.3 Å². The largest absolute Gasteiger partial charge is 0.476 e. The van der Waals surface area contributed by atoms with Gasteiger partial charge in [-0.3, -0.25) is 0 Å². The van der Waals surface area contributed by atoms with Crippen molar-refractivity contribution in [2.24, 2.45) is 0 Å². The number of nitrogens with zero attached hydrogens (tertiary/aromatic N) is 2. The minimum Gasteiger partial charge on any atom is -0.476 e. The standard InChI is InChI=1S/C14H15N3O4/c18-14(19)11-8-21-13(17-11)9-1-4-15-12(7-9)16-10-2-5-20-6-3-10/h1,4,7-8,10H,2-3,5-6H2,(H,15,16)(H,18,19). The lowest BCUT2D eigenvalue weighted by Crippen LogP contribution is -2.28. The van der Waals surface area contributed by atoms with Crippen molar-refractivity contribution in [1.29, 1.82) is 0 Å². The highest BCUT2D eigenvalue weighted by molar-refractivity contribution is 5.85. The number of aromatic nitrogens is 2. The first kappa shape index (κ1) is 13.6. The second kappa shape index (κ2) is 5.92. The summed E-state index contributed by atoms with van der Waals surface area (Å²) in [6.07, 6.45) is 4.65. The number of hydrogen-bond acceptors (Lipinski definition) is 6. The Kier molecular flexibility index (Phi) is 3.83. The number of carboxylic acids is 1. The molecule has 2 aromatic rings. The molecule has 0 atom stereocenters. The number of carboxylic acid groups (broad SMARTS) is 1. The molecular weight excluding hydrogens is 274 g/mol. The first-order chi connectivity index (χ1) is 10.2. The molecule has 0 amide bonds. The lowest BCUT2D eigenvalue weighted by atomic mass is 10.1. The van der Waals surface area contributed by atoms with E-state index in [0.29, 0.717) is 11.6 Å². The van der Waals surface area contributed by atoms with Gasteiger partial charge in [0.2, 0.25) is 5.89 Å². The first-order valence-electron chi connectivity index (χ1n) is 6.72. The van der Waals surface area contributed by atoms with Crippen LogP contribution in [0, 0.1) is 0 Å². The van der Waals surface area contributed by atoms with Gasteiger partial charge in [-0.15, -0.1) is 0 Å². The molecule has 0 radical (unpaired) electrons. The third-order valence-electron chi connectivity index (χ3n) is 3.30. The van der Waals surface area contributed by atoms with Gasteiger partial charge in [0.1, 0.15) is 12.1 Å². The highest BCUT2D eigenvalue weighted by atomic mass is 16.5. The maximum atomic E-state index is 10.8. The average Bonchev–Trinajstić information content (AvgIpc) is 2.99. The monoisotopic (exact) mass is 289 g/mol. The predicted octanol–water partition coefficient (Wildman–Crippen LogP) is 2.03. The quantitative estimate of drug-likeness (QED) is 0.888. The van der Waals surface area contributed by atoms with Crippen LogP contribution in [0.15, 0.2) is 29.0 Å². The number of aromatic carboxylic acids is 1. The van der Waals surface area contributed by atoms with Crippen molar-refractivity contribution in [3.8, 4) is 11.5 Å². The molecular formula is C14H15N3O4. The molecule has 2 N–H and O–H groups in total. The highest BCUT2D eigenvalue weighted by Gasteiger charge is 2.15. The first-order valence-corrected chi connectivity index (χ1v) is 6.72. The minimum absolute atomic E-state index is 0.110. The molecule has 1 saturated heterocycles. The van der Waals surface area contributed by atoms with Crippen LogP contribution in [-0.2, 0) is 4.74 Å². The Morgan fingerprint density at radius 2 is 2.19 bits per heavy atom. The summed E-state index contributed by atoms with van der Waals surface area (Å²) < 4.78 is 10.5. The van der Waals surface area contributed by atoms with E-state index in [4.69, 9.17) is 14.3 Å². The molecule has 1 fully saturated rings. The molecule has 3 rings (SSSR count). The van der Waals surface area contributed by atoms with Crippen LogP contribution in [-0.4, -0.2) is 40.3 Å². The van der Waals surface area contributed by atoms with E-state index in [1.807, 2.05) is 0 Å². The fraction of sp³-hybridized carbons (Fsp3) is 0.357. The summed E-state index contributed by atoms with van der Waals surface area (Å²) in [6, 6.07) is 3.86. The van der Waals surface area contributed by atoms with Gasteiger partial charge in [-0.1, -0.05) is 0 Å². The molecule has 0 unspecified atom stereocenters. The molecule has 7 heteroatoms. The third kappa shape index (κ3) is 3.19. The van der Waals surface area contributed by atoms with Crippen LogP contribution in [0.5, 0.6) is 0 Å². The molecule has 0 bridgehead atoms. The molecule has 2 aromatic heterocycles. The van der Waals surface area contributed by atoms with E-state index < -0.39 is 5.97 Å². The number of pyridine rings is 1. The summed E-state index contributed by atoms with van der Waals surface area (Å²) >= 11 is 0. The molecule has 3 heterocycles. The van der Waals surface area contributed by atoms with Gasteiger partial charge in [0.25, 0.3) is 0 Å². The molecule has 21 heavy (non-hydrogen) atoms. The molecule has 110 valence electrons. The Morgan fingerprint density at radius 1 is 1.38 bits per heavy atom. The summed E-state index contributed by atoms with van der Waals surface area (Å²) in [5.74, 6) is -0.126. The number of ether oxygens (including phenoxy) is 1. The molecule has 1 aliphatic heterocycles. The predicted molar refractivity (Wildman–Crippen MR) is 74.2 cm³/mol. The summed E-state index contributed by atoms with van der Waals surface area (Å²) in [6.45, 7) is 1.50. The van der Waals surface area contributed by atoms with Gasteiger partial charge >= 0.3 is 5.97 Å². The summed E-state index contributed by atoms with van der Waals surface area (Å²) in [5, 5.41) is 12.2. The van der Waals surface area contributed by atoms with Gasteiger partial charge in [-0.05, 0) is 25.0 Å². The van der Waals surface area contributed by atoms with E-state index in [1.165, 1.54) is 0 Å². The van der Waals surface area contributed by atoms with Gasteiger partial charge in [0, 0.05) is 31.0 Å². The van der Waals surface area contributed by atoms with Gasteiger partial charge in [0.15, 0.2) is 5.69 Å². The summed E-state index contributed by atoms with van der Waals surface area (Å²) in [4.78, 5) is 19.0. The molecule has 0 aromatic carbocycles. The average molecular weight is 289 g/mol. The van der Waals surface area contributed by atoms with Crippen molar-refractivity contribution < 1.29 is 19.1 Å². The SMILES string of the molecule is O=C(O)c1coc(-c2ccnc(NC3CCOCC3)c2)n1. The fourth-order valence-electron chi connectivity index (χ4n) is 2.20. The molecule has 1 aliphatic rings. The van der Waals surface area contributed by atoms with Crippen LogP contribution >= 0.6 is 0 Å². The Bertz CT molecular complexity index is 635. The van der Waals surface area contributed by atoms with Crippen LogP contribution < -0.4 is 5.32 Å². The smallest absolute Gasteiger partial charge is 0.357 e. The van der Waals surface area contributed by atoms with Crippen molar-refractivity contribution in [2.45, 2.75) is 18.9 Å². The highest BCUT2D eigenvalue weighted by Crippen LogP contribution is 2.22. The van der Waals surface area contributed by atoms with E-state index in [2.05, 4.69) is 15.3 Å². The third-order valence-corrected chi connectivity index (χ3v) is 3.30. The van der Waals surface area contributed by atoms with Gasteiger partial charge < -0.3 is 19.6 Å². The summed E-state index contributed by atoms with van der Waals surface area (Å²) in [5.41, 5.74) is 0.577. The van der Waals surface area contributed by atoms with Crippen LogP contribution in [0.3, 0.4) is 0 Å². The maximum Gasteiger partial charge on any atom is 0.357 e. The Morgan fingerprint density at radius 3 is 2.90 bits per heavy atom. The van der Waals surface area contributed by atoms with Crippen LogP contribution in [0.4, 0.5) is 5.82 Å². The second-order valence-corrected chi connectivity index (χ2v) is 4.80. The van der Waals surface area contributed by atoms with Gasteiger partial charge in [-0.2, -0.15) is 0 Å². The fourth-order valence-corrected chi connectivity index (χ4v) is 2.20. The molecule has 0 aliphatic carbocycles. The van der Waals surface area contributed by atoms with E-state index in [0.717, 1.165) is 38.1 Å². The number of nitrogens with one attached hydrogen (secondary N) is 1. The zero-order valence-corrected chi connectivity index (χ0v) is 11.3. The Labute approximate surface area is 121 Å². The normalized spacial score (nSPS) is 15.8. The van der Waals surface area contributed by atoms with E-state index in [9.17, 15) is 4.79 Å². The van der Waals surface area contributed by atoms with E-state index >= 15 is 0 Å². The van der Waals surface area contributed by atoms with Crippen LogP contribution in [0.25, 0.3) is 11.5 Å². The molecule has 0 saturated carbocycles. The lowest BCUT2D eigenvalue weighted by molar-refractivity contribution is 0.0690. The van der Waals surface area contributed by atoms with Gasteiger partial charge in [0.05, 0.1) is 0 Å². The summed E-state index contributed by atoms with van der Waals surface area (Å²) in [7, 11) is 0. The Hall–Kier alpha value is -2.41. The number of anilines is 1. The van der Waals surface area contributed by atoms with Crippen molar-refractivity contribution in [3.05, 3.63) is 30.3 Å². The van der Waals surface area contributed by atoms with E-state index in [-0.39, 0.29) is 11.6 Å². The number of rotatable bonds is 4. The van der Waals surface area contributed by atoms with Crippen molar-refractivity contribution in [1.82, 2.24) is 9.97 Å². The second-order valence-electron chi connectivity index (χ2n) is 4.80. The molecule has 7 nitrogen and oxygen atoms in total. The van der Waals surface area contributed by atoms with Crippen LogP contribution in [0.1, 0.15) is 23.3 Å². The zero-order chi connectivity index (χ0) is 14.7. The van der Waals surface area contributed by atoms with Crippen molar-refractivity contribution in [2.75, 3.05) is 18.5 Å². The van der Waals surface area contributed by atoms with Crippen molar-refractivity contribution >= 4 is 11.8 Å². The maximum absolute atomic E-state index is 10.8. The topological polar surface area (TPSA) is 97.5 Å². The van der Waals surface area contributed by atoms with Gasteiger partial charge in [-0.25, -0.2) is 14.8 Å². The number of carbonyl (C=O) groups is 1. The minimum atomic E-state index is -1.11. The lowest BCUT2D eigenvalue weighted by Gasteiger charge is -2.23. The van der Waals surface area contributed by atoms with Crippen LogP contribution in [0.2, 0.25) is 0 Å². The molecule has 0 spiro atoms.